The smallest absolute Gasteiger partial charge is 0.240 e. The third kappa shape index (κ3) is 1.43. The van der Waals surface area contributed by atoms with Gasteiger partial charge in [-0.25, -0.2) is 4.79 Å². The highest BCUT2D eigenvalue weighted by Crippen LogP contribution is 2.31. The molecule has 4 heteroatoms. The van der Waals surface area contributed by atoms with Crippen LogP contribution in [0.3, 0.4) is 0 Å². The lowest BCUT2D eigenvalue weighted by molar-refractivity contribution is -0.116. The fourth-order valence-electron chi connectivity index (χ4n) is 1.53. The van der Waals surface area contributed by atoms with E-state index in [-0.39, 0.29) is 5.91 Å². The zero-order valence-electron chi connectivity index (χ0n) is 7.41. The van der Waals surface area contributed by atoms with E-state index in [1.165, 1.54) is 6.08 Å². The molecule has 1 aromatic carbocycles. The van der Waals surface area contributed by atoms with Gasteiger partial charge in [0, 0.05) is 6.42 Å². The van der Waals surface area contributed by atoms with E-state index in [0.717, 1.165) is 5.56 Å². The number of carbonyl (C=O) groups is 1. The number of anilines is 1. The first kappa shape index (κ1) is 8.66. The Labute approximate surface area is 80.7 Å². The van der Waals surface area contributed by atoms with Gasteiger partial charge in [-0.05, 0) is 18.1 Å². The van der Waals surface area contributed by atoms with Crippen LogP contribution in [0.25, 0.3) is 0 Å². The highest BCUT2D eigenvalue weighted by atomic mass is 16.1. The molecule has 0 spiro atoms. The van der Waals surface area contributed by atoms with Crippen LogP contribution in [0.2, 0.25) is 0 Å². The van der Waals surface area contributed by atoms with E-state index in [9.17, 15) is 9.59 Å². The van der Waals surface area contributed by atoms with Gasteiger partial charge in [0.15, 0.2) is 0 Å². The summed E-state index contributed by atoms with van der Waals surface area (Å²) in [5.74, 6) is -0.0361. The second-order valence-corrected chi connectivity index (χ2v) is 3.06. The summed E-state index contributed by atoms with van der Waals surface area (Å²) in [6.45, 7) is 0. The van der Waals surface area contributed by atoms with Gasteiger partial charge in [0.2, 0.25) is 12.0 Å². The second-order valence-electron chi connectivity index (χ2n) is 3.06. The molecule has 1 aliphatic heterocycles. The van der Waals surface area contributed by atoms with Crippen molar-refractivity contribution < 1.29 is 9.59 Å². The number of fused-ring (bicyclic) bond motifs is 1. The predicted molar refractivity (Wildman–Crippen MR) is 51.2 cm³/mol. The molecule has 0 aliphatic carbocycles. The zero-order chi connectivity index (χ0) is 9.97. The van der Waals surface area contributed by atoms with Gasteiger partial charge in [-0.3, -0.25) is 4.79 Å². The molecule has 14 heavy (non-hydrogen) atoms. The molecule has 1 N–H and O–H groups in total. The molecule has 1 aliphatic rings. The Morgan fingerprint density at radius 2 is 2.21 bits per heavy atom. The number of amides is 1. The van der Waals surface area contributed by atoms with E-state index in [4.69, 9.17) is 0 Å². The number of aliphatic imine (C=N–C) groups is 1. The van der Waals surface area contributed by atoms with Gasteiger partial charge >= 0.3 is 0 Å². The van der Waals surface area contributed by atoms with Crippen LogP contribution in [0.15, 0.2) is 23.2 Å². The third-order valence-corrected chi connectivity index (χ3v) is 2.18. The van der Waals surface area contributed by atoms with E-state index in [1.807, 2.05) is 12.1 Å². The van der Waals surface area contributed by atoms with Crippen LogP contribution in [-0.2, 0) is 16.0 Å². The van der Waals surface area contributed by atoms with Crippen molar-refractivity contribution in [2.24, 2.45) is 4.99 Å². The van der Waals surface area contributed by atoms with Gasteiger partial charge in [-0.1, -0.05) is 12.1 Å². The topological polar surface area (TPSA) is 58.5 Å². The summed E-state index contributed by atoms with van der Waals surface area (Å²) in [5, 5.41) is 2.70. The van der Waals surface area contributed by atoms with Gasteiger partial charge in [0.25, 0.3) is 0 Å². The number of hydrogen-bond donors (Lipinski definition) is 1. The molecule has 70 valence electrons. The van der Waals surface area contributed by atoms with Crippen molar-refractivity contribution in [2.75, 3.05) is 5.32 Å². The quantitative estimate of drug-likeness (QED) is 0.536. The summed E-state index contributed by atoms with van der Waals surface area (Å²) < 4.78 is 0. The lowest BCUT2D eigenvalue weighted by Gasteiger charge is -2.17. The minimum absolute atomic E-state index is 0.0361. The number of hydrogen-bond acceptors (Lipinski definition) is 3. The lowest BCUT2D eigenvalue weighted by Crippen LogP contribution is -2.18. The second kappa shape index (κ2) is 3.44. The number of carbonyl (C=O) groups excluding carboxylic acids is 2. The predicted octanol–water partition coefficient (Wildman–Crippen LogP) is 1.54. The van der Waals surface area contributed by atoms with Crippen molar-refractivity contribution in [2.45, 2.75) is 12.8 Å². The monoisotopic (exact) mass is 188 g/mol. The van der Waals surface area contributed by atoms with Crippen molar-refractivity contribution in [1.29, 1.82) is 0 Å². The molecular weight excluding hydrogens is 180 g/mol. The first-order valence-corrected chi connectivity index (χ1v) is 4.31. The normalized spacial score (nSPS) is 13.9. The number of para-hydroxylation sites is 1. The van der Waals surface area contributed by atoms with Crippen molar-refractivity contribution in [3.63, 3.8) is 0 Å². The van der Waals surface area contributed by atoms with E-state index in [0.29, 0.717) is 24.2 Å². The SMILES string of the molecule is O=C=Nc1cccc2c1NC(=O)CC2. The van der Waals surface area contributed by atoms with E-state index < -0.39 is 0 Å². The average molecular weight is 188 g/mol. The highest BCUT2D eigenvalue weighted by Gasteiger charge is 2.16. The van der Waals surface area contributed by atoms with Crippen LogP contribution >= 0.6 is 0 Å². The fraction of sp³-hybridized carbons (Fsp3) is 0.200. The Morgan fingerprint density at radius 3 is 3.00 bits per heavy atom. The van der Waals surface area contributed by atoms with E-state index in [2.05, 4.69) is 10.3 Å². The minimum atomic E-state index is -0.0361. The first-order valence-electron chi connectivity index (χ1n) is 4.31. The molecule has 0 aromatic heterocycles. The number of rotatable bonds is 1. The third-order valence-electron chi connectivity index (χ3n) is 2.18. The van der Waals surface area contributed by atoms with Crippen molar-refractivity contribution in [3.8, 4) is 0 Å². The fourth-order valence-corrected chi connectivity index (χ4v) is 1.53. The van der Waals surface area contributed by atoms with Crippen molar-refractivity contribution >= 4 is 23.4 Å². The number of nitrogens with zero attached hydrogens (tertiary/aromatic N) is 1. The van der Waals surface area contributed by atoms with Crippen LogP contribution < -0.4 is 5.32 Å². The van der Waals surface area contributed by atoms with Crippen LogP contribution in [0, 0.1) is 0 Å². The number of isocyanates is 1. The molecule has 1 amide bonds. The Kier molecular flexibility index (Phi) is 2.13. The van der Waals surface area contributed by atoms with Gasteiger partial charge < -0.3 is 5.32 Å². The maximum Gasteiger partial charge on any atom is 0.240 e. The van der Waals surface area contributed by atoms with Gasteiger partial charge in [0.05, 0.1) is 5.69 Å². The van der Waals surface area contributed by atoms with Crippen LogP contribution in [-0.4, -0.2) is 12.0 Å². The average Bonchev–Trinajstić information content (AvgIpc) is 2.19. The summed E-state index contributed by atoms with van der Waals surface area (Å²) in [4.78, 5) is 24.8. The molecule has 1 aromatic rings. The minimum Gasteiger partial charge on any atom is -0.324 e. The zero-order valence-corrected chi connectivity index (χ0v) is 7.41. The molecular formula is C10H8N2O2. The van der Waals surface area contributed by atoms with E-state index in [1.54, 1.807) is 6.07 Å². The Bertz CT molecular complexity index is 434. The maximum absolute atomic E-state index is 11.1. The summed E-state index contributed by atoms with van der Waals surface area (Å²) >= 11 is 0. The Morgan fingerprint density at radius 1 is 1.36 bits per heavy atom. The Hall–Kier alpha value is -1.93. The van der Waals surface area contributed by atoms with Gasteiger partial charge in [-0.2, -0.15) is 4.99 Å². The number of benzene rings is 1. The molecule has 0 atom stereocenters. The summed E-state index contributed by atoms with van der Waals surface area (Å²) in [7, 11) is 0. The lowest BCUT2D eigenvalue weighted by atomic mass is 10.0. The molecule has 0 unspecified atom stereocenters. The van der Waals surface area contributed by atoms with Crippen LogP contribution in [0.4, 0.5) is 11.4 Å². The first-order chi connectivity index (χ1) is 6.81. The van der Waals surface area contributed by atoms with E-state index >= 15 is 0 Å². The highest BCUT2D eigenvalue weighted by molar-refractivity contribution is 5.97. The van der Waals surface area contributed by atoms with Crippen LogP contribution in [0.5, 0.6) is 0 Å². The molecule has 0 fully saturated rings. The molecule has 0 saturated heterocycles. The summed E-state index contributed by atoms with van der Waals surface area (Å²) in [6.07, 6.45) is 2.66. The van der Waals surface area contributed by atoms with Crippen LogP contribution in [0.1, 0.15) is 12.0 Å². The standard InChI is InChI=1S/C10H8N2O2/c13-6-11-8-3-1-2-7-4-5-9(14)12-10(7)8/h1-3H,4-5H2,(H,12,14). The molecule has 0 saturated carbocycles. The summed E-state index contributed by atoms with van der Waals surface area (Å²) in [6, 6.07) is 5.40. The van der Waals surface area contributed by atoms with Crippen molar-refractivity contribution in [1.82, 2.24) is 0 Å². The van der Waals surface area contributed by atoms with Gasteiger partial charge in [0.1, 0.15) is 5.69 Å². The largest absolute Gasteiger partial charge is 0.324 e. The summed E-state index contributed by atoms with van der Waals surface area (Å²) in [5.41, 5.74) is 2.14. The molecule has 4 nitrogen and oxygen atoms in total. The number of nitrogens with one attached hydrogen (secondary N) is 1. The van der Waals surface area contributed by atoms with Gasteiger partial charge in [-0.15, -0.1) is 0 Å². The van der Waals surface area contributed by atoms with Crippen molar-refractivity contribution in [3.05, 3.63) is 23.8 Å². The Balaban J connectivity index is 2.53. The number of aryl methyl sites for hydroxylation is 1. The maximum atomic E-state index is 11.1. The molecule has 1 heterocycles. The molecule has 0 radical (unpaired) electrons. The molecule has 2 rings (SSSR count). The molecule has 0 bridgehead atoms.